The van der Waals surface area contributed by atoms with Gasteiger partial charge in [0.05, 0.1) is 39.6 Å². The van der Waals surface area contributed by atoms with Crippen LogP contribution in [0.1, 0.15) is 53.9 Å². The monoisotopic (exact) mass is 599 g/mol. The van der Waals surface area contributed by atoms with Gasteiger partial charge in [-0.15, -0.1) is 19.7 Å². The van der Waals surface area contributed by atoms with Gasteiger partial charge in [0.25, 0.3) is 0 Å². The number of carbonyl (C=O) groups excluding carboxylic acids is 1. The molecule has 0 rings (SSSR count). The first kappa shape index (κ1) is 44.8. The second-order valence-corrected chi connectivity index (χ2v) is 11.2. The summed E-state index contributed by atoms with van der Waals surface area (Å²) in [5, 5.41) is 3.02. The standard InChI is InChI=1S/C14H32N2O3S.C8H16.C4H9NOS2.C2H4/c1-14(2,20)13-16(4)6-8-18-10-12-19-11-9-17-7-5-15-3;1-5-7(3)8(4)6-2;6-4(5-8)2-1-3-7;1-2/h15,20H,5-13H2,1-4H3;5,7-8H,1,6H2,2-4H3;7-8H,1-3H2,(H,5,6);1-2H2. The molecule has 0 saturated heterocycles. The Labute approximate surface area is 252 Å². The van der Waals surface area contributed by atoms with Crippen LogP contribution in [0.5, 0.6) is 0 Å². The molecule has 0 saturated carbocycles. The van der Waals surface area contributed by atoms with Crippen LogP contribution >= 0.6 is 38.1 Å². The molecule has 7 nitrogen and oxygen atoms in total. The van der Waals surface area contributed by atoms with Crippen LogP contribution in [0.2, 0.25) is 0 Å². The molecule has 0 aliphatic rings. The Hall–Kier alpha value is -0.200. The molecule has 0 aliphatic heterocycles. The number of likely N-dealkylation sites (N-methyl/N-ethyl adjacent to an activating group) is 2. The Morgan fingerprint density at radius 2 is 1.55 bits per heavy atom. The summed E-state index contributed by atoms with van der Waals surface area (Å²) in [6.45, 7) is 27.3. The van der Waals surface area contributed by atoms with Gasteiger partial charge in [0.1, 0.15) is 0 Å². The van der Waals surface area contributed by atoms with Crippen molar-refractivity contribution in [2.75, 3.05) is 79.1 Å². The van der Waals surface area contributed by atoms with Crippen molar-refractivity contribution in [2.24, 2.45) is 11.8 Å². The number of allylic oxidation sites excluding steroid dienone is 1. The van der Waals surface area contributed by atoms with Crippen LogP contribution in [0.3, 0.4) is 0 Å². The van der Waals surface area contributed by atoms with E-state index in [0.29, 0.717) is 38.8 Å². The van der Waals surface area contributed by atoms with Crippen LogP contribution in [0.15, 0.2) is 25.8 Å². The predicted octanol–water partition coefficient (Wildman–Crippen LogP) is 5.21. The Morgan fingerprint density at radius 3 is 1.92 bits per heavy atom. The lowest BCUT2D eigenvalue weighted by Crippen LogP contribution is -2.34. The fraction of sp³-hybridized carbons (Fsp3) is 0.821. The smallest absolute Gasteiger partial charge is 0.229 e. The van der Waals surface area contributed by atoms with Gasteiger partial charge in [-0.25, -0.2) is 0 Å². The molecular formula is C28H61N3O4S3. The van der Waals surface area contributed by atoms with Crippen molar-refractivity contribution < 1.29 is 19.0 Å². The maximum absolute atomic E-state index is 10.3. The van der Waals surface area contributed by atoms with Gasteiger partial charge in [-0.1, -0.05) is 46.1 Å². The van der Waals surface area contributed by atoms with E-state index in [-0.39, 0.29) is 10.7 Å². The van der Waals surface area contributed by atoms with Gasteiger partial charge in [-0.2, -0.15) is 25.3 Å². The number of thiol groups is 3. The number of hydrogen-bond donors (Lipinski definition) is 5. The Morgan fingerprint density at radius 1 is 1.05 bits per heavy atom. The van der Waals surface area contributed by atoms with E-state index in [0.717, 1.165) is 50.9 Å². The van der Waals surface area contributed by atoms with Crippen LogP contribution < -0.4 is 10.0 Å². The molecule has 2 N–H and O–H groups in total. The Kier molecular flexibility index (Phi) is 41.1. The minimum atomic E-state index is -0.0395. The first-order valence-electron chi connectivity index (χ1n) is 13.4. The zero-order valence-corrected chi connectivity index (χ0v) is 28.2. The third kappa shape index (κ3) is 42.9. The SMILES string of the molecule is C=C.C=CC(C)C(C)CC.CNCCOCCOCCOCCN(C)CC(C)(C)S.O=C(CCCS)NS. The van der Waals surface area contributed by atoms with E-state index < -0.39 is 0 Å². The zero-order valence-electron chi connectivity index (χ0n) is 25.5. The van der Waals surface area contributed by atoms with E-state index in [9.17, 15) is 4.79 Å². The highest BCUT2D eigenvalue weighted by Crippen LogP contribution is 2.14. The summed E-state index contributed by atoms with van der Waals surface area (Å²) in [5.74, 6) is 2.19. The molecule has 10 heteroatoms. The lowest BCUT2D eigenvalue weighted by molar-refractivity contribution is -0.119. The summed E-state index contributed by atoms with van der Waals surface area (Å²) in [7, 11) is 3.99. The molecule has 0 bridgehead atoms. The minimum absolute atomic E-state index is 0.0329. The van der Waals surface area contributed by atoms with Crippen LogP contribution in [-0.2, 0) is 19.0 Å². The van der Waals surface area contributed by atoms with E-state index in [2.05, 4.69) is 114 Å². The summed E-state index contributed by atoms with van der Waals surface area (Å²) >= 11 is 12.0. The number of nitrogens with one attached hydrogen (secondary N) is 2. The van der Waals surface area contributed by atoms with Crippen molar-refractivity contribution >= 4 is 44.0 Å². The fourth-order valence-electron chi connectivity index (χ4n) is 2.58. The highest BCUT2D eigenvalue weighted by molar-refractivity contribution is 7.81. The molecule has 38 heavy (non-hydrogen) atoms. The molecule has 0 aromatic heterocycles. The van der Waals surface area contributed by atoms with Gasteiger partial charge in [-0.05, 0) is 52.0 Å². The van der Waals surface area contributed by atoms with E-state index >= 15 is 0 Å². The lowest BCUT2D eigenvalue weighted by Gasteiger charge is -2.25. The molecule has 0 heterocycles. The van der Waals surface area contributed by atoms with Crippen molar-refractivity contribution in [2.45, 2.75) is 58.6 Å². The third-order valence-electron chi connectivity index (χ3n) is 5.11. The van der Waals surface area contributed by atoms with Crippen molar-refractivity contribution in [3.63, 3.8) is 0 Å². The number of nitrogens with zero attached hydrogens (tertiary/aromatic N) is 1. The molecule has 0 aromatic carbocycles. The summed E-state index contributed by atoms with van der Waals surface area (Å²) < 4.78 is 18.5. The normalized spacial score (nSPS) is 12.1. The van der Waals surface area contributed by atoms with Crippen LogP contribution in [0, 0.1) is 11.8 Å². The number of rotatable bonds is 20. The third-order valence-corrected chi connectivity index (χ3v) is 5.82. The number of carbonyl (C=O) groups is 1. The predicted molar refractivity (Wildman–Crippen MR) is 177 cm³/mol. The largest absolute Gasteiger partial charge is 0.378 e. The molecule has 2 unspecified atom stereocenters. The van der Waals surface area contributed by atoms with Crippen LogP contribution in [-0.4, -0.2) is 94.7 Å². The second-order valence-electron chi connectivity index (χ2n) is 9.33. The molecule has 1 amide bonds. The van der Waals surface area contributed by atoms with Gasteiger partial charge >= 0.3 is 0 Å². The van der Waals surface area contributed by atoms with E-state index in [4.69, 9.17) is 14.2 Å². The fourth-order valence-corrected chi connectivity index (χ4v) is 3.09. The summed E-state index contributed by atoms with van der Waals surface area (Å²) in [4.78, 5) is 12.6. The molecule has 230 valence electrons. The van der Waals surface area contributed by atoms with Crippen LogP contribution in [0.25, 0.3) is 0 Å². The topological polar surface area (TPSA) is 72.1 Å². The summed E-state index contributed by atoms with van der Waals surface area (Å²) in [5.41, 5.74) is 0. The molecular weight excluding hydrogens is 539 g/mol. The summed E-state index contributed by atoms with van der Waals surface area (Å²) in [6.07, 6.45) is 4.61. The lowest BCUT2D eigenvalue weighted by atomic mass is 9.94. The molecule has 0 aliphatic carbocycles. The van der Waals surface area contributed by atoms with Gasteiger partial charge in [0.2, 0.25) is 5.91 Å². The highest BCUT2D eigenvalue weighted by Gasteiger charge is 2.13. The number of amides is 1. The molecule has 0 spiro atoms. The van der Waals surface area contributed by atoms with Gasteiger partial charge in [0, 0.05) is 30.8 Å². The van der Waals surface area contributed by atoms with Crippen molar-refractivity contribution in [1.29, 1.82) is 0 Å². The first-order valence-corrected chi connectivity index (χ1v) is 15.0. The average molecular weight is 600 g/mol. The molecule has 0 radical (unpaired) electrons. The average Bonchev–Trinajstić information content (AvgIpc) is 2.90. The van der Waals surface area contributed by atoms with Crippen molar-refractivity contribution in [3.8, 4) is 0 Å². The molecule has 0 aromatic rings. The summed E-state index contributed by atoms with van der Waals surface area (Å²) in [6, 6.07) is 0. The molecule has 2 atom stereocenters. The van der Waals surface area contributed by atoms with Gasteiger partial charge in [-0.3, -0.25) is 4.79 Å². The Bertz CT molecular complexity index is 498. The molecule has 0 fully saturated rings. The van der Waals surface area contributed by atoms with E-state index in [1.807, 2.05) is 13.1 Å². The maximum Gasteiger partial charge on any atom is 0.229 e. The van der Waals surface area contributed by atoms with Crippen molar-refractivity contribution in [3.05, 3.63) is 25.8 Å². The van der Waals surface area contributed by atoms with E-state index in [1.165, 1.54) is 6.42 Å². The zero-order chi connectivity index (χ0) is 30.2. The van der Waals surface area contributed by atoms with Crippen molar-refractivity contribution in [1.82, 2.24) is 14.9 Å². The highest BCUT2D eigenvalue weighted by atomic mass is 32.1. The number of hydrogen-bond acceptors (Lipinski definition) is 9. The number of ether oxygens (including phenoxy) is 3. The first-order chi connectivity index (χ1) is 18.0. The van der Waals surface area contributed by atoms with Gasteiger partial charge < -0.3 is 29.1 Å². The quantitative estimate of drug-likeness (QED) is 0.0752. The minimum Gasteiger partial charge on any atom is -0.378 e. The maximum atomic E-state index is 10.3. The van der Waals surface area contributed by atoms with Gasteiger partial charge in [0.15, 0.2) is 0 Å². The second kappa shape index (κ2) is 34.8. The van der Waals surface area contributed by atoms with E-state index in [1.54, 1.807) is 0 Å². The Balaban J connectivity index is -0.000000263. The van der Waals surface area contributed by atoms with Crippen LogP contribution in [0.4, 0.5) is 0 Å².